The lowest BCUT2D eigenvalue weighted by atomic mass is 10.2. The first-order valence-electron chi connectivity index (χ1n) is 4.29. The monoisotopic (exact) mass is 211 g/mol. The summed E-state index contributed by atoms with van der Waals surface area (Å²) in [5.74, 6) is 1.41. The van der Waals surface area contributed by atoms with Gasteiger partial charge in [-0.05, 0) is 19.1 Å². The van der Waals surface area contributed by atoms with E-state index in [-0.39, 0.29) is 0 Å². The van der Waals surface area contributed by atoms with Gasteiger partial charge in [0.2, 0.25) is 0 Å². The zero-order valence-electron chi connectivity index (χ0n) is 8.24. The van der Waals surface area contributed by atoms with E-state index in [0.29, 0.717) is 17.3 Å². The number of methoxy groups -OCH3 is 1. The Morgan fingerprint density at radius 1 is 1.36 bits per heavy atom. The summed E-state index contributed by atoms with van der Waals surface area (Å²) in [6.45, 7) is 2.52. The van der Waals surface area contributed by atoms with Crippen LogP contribution in [-0.2, 0) is 0 Å². The van der Waals surface area contributed by atoms with E-state index in [2.05, 4.69) is 0 Å². The van der Waals surface area contributed by atoms with Crippen LogP contribution in [0.5, 0.6) is 11.5 Å². The molecule has 0 fully saturated rings. The lowest BCUT2D eigenvalue weighted by Crippen LogP contribution is -2.09. The van der Waals surface area contributed by atoms with Crippen LogP contribution in [0.2, 0.25) is 0 Å². The first kappa shape index (κ1) is 10.8. The van der Waals surface area contributed by atoms with Gasteiger partial charge < -0.3 is 15.2 Å². The van der Waals surface area contributed by atoms with Crippen molar-refractivity contribution in [2.45, 2.75) is 6.92 Å². The van der Waals surface area contributed by atoms with Gasteiger partial charge in [0.25, 0.3) is 0 Å². The second kappa shape index (κ2) is 4.81. The van der Waals surface area contributed by atoms with E-state index >= 15 is 0 Å². The Hall–Kier alpha value is -1.29. The number of rotatable bonds is 4. The summed E-state index contributed by atoms with van der Waals surface area (Å²) in [5, 5.41) is 0. The summed E-state index contributed by atoms with van der Waals surface area (Å²) in [4.78, 5) is 0.338. The average Bonchev–Trinajstić information content (AvgIpc) is 2.17. The highest BCUT2D eigenvalue weighted by Gasteiger charge is 2.03. The van der Waals surface area contributed by atoms with Gasteiger partial charge in [-0.3, -0.25) is 0 Å². The number of ether oxygens (including phenoxy) is 2. The smallest absolute Gasteiger partial charge is 0.123 e. The van der Waals surface area contributed by atoms with Crippen molar-refractivity contribution < 1.29 is 9.47 Å². The van der Waals surface area contributed by atoms with Gasteiger partial charge >= 0.3 is 0 Å². The van der Waals surface area contributed by atoms with Gasteiger partial charge in [0, 0.05) is 11.6 Å². The predicted molar refractivity (Wildman–Crippen MR) is 60.1 cm³/mol. The van der Waals surface area contributed by atoms with Crippen LogP contribution in [0, 0.1) is 0 Å². The largest absolute Gasteiger partial charge is 0.497 e. The molecule has 76 valence electrons. The molecule has 2 N–H and O–H groups in total. The Kier molecular flexibility index (Phi) is 3.71. The number of thiocarbonyl (C=S) groups is 1. The minimum absolute atomic E-state index is 0.338. The van der Waals surface area contributed by atoms with Gasteiger partial charge in [0.15, 0.2) is 0 Å². The summed E-state index contributed by atoms with van der Waals surface area (Å²) in [7, 11) is 1.59. The number of nitrogens with two attached hydrogens (primary N) is 1. The minimum Gasteiger partial charge on any atom is -0.497 e. The fraction of sp³-hybridized carbons (Fsp3) is 0.300. The molecule has 1 aromatic rings. The highest BCUT2D eigenvalue weighted by molar-refractivity contribution is 7.80. The first-order valence-corrected chi connectivity index (χ1v) is 4.70. The third-order valence-electron chi connectivity index (χ3n) is 1.71. The molecule has 0 bridgehead atoms. The van der Waals surface area contributed by atoms with Crippen LogP contribution in [-0.4, -0.2) is 18.7 Å². The molecule has 3 nitrogen and oxygen atoms in total. The molecule has 0 saturated heterocycles. The highest BCUT2D eigenvalue weighted by atomic mass is 32.1. The fourth-order valence-electron chi connectivity index (χ4n) is 1.08. The molecule has 1 aromatic carbocycles. The molecule has 0 amide bonds. The summed E-state index contributed by atoms with van der Waals surface area (Å²) >= 11 is 4.88. The van der Waals surface area contributed by atoms with Crippen LogP contribution < -0.4 is 15.2 Å². The topological polar surface area (TPSA) is 44.5 Å². The van der Waals surface area contributed by atoms with Gasteiger partial charge in [0.1, 0.15) is 16.5 Å². The molecule has 0 saturated carbocycles. The van der Waals surface area contributed by atoms with Crippen molar-refractivity contribution in [1.82, 2.24) is 0 Å². The van der Waals surface area contributed by atoms with Gasteiger partial charge in [0.05, 0.1) is 13.7 Å². The molecule has 14 heavy (non-hydrogen) atoms. The molecule has 0 radical (unpaired) electrons. The predicted octanol–water partition coefficient (Wildman–Crippen LogP) is 1.73. The Labute approximate surface area is 88.8 Å². The van der Waals surface area contributed by atoms with E-state index in [9.17, 15) is 0 Å². The van der Waals surface area contributed by atoms with Gasteiger partial charge in [-0.15, -0.1) is 0 Å². The van der Waals surface area contributed by atoms with Crippen molar-refractivity contribution in [2.24, 2.45) is 5.73 Å². The Bertz CT molecular complexity index is 339. The van der Waals surface area contributed by atoms with Crippen molar-refractivity contribution in [1.29, 1.82) is 0 Å². The lowest BCUT2D eigenvalue weighted by molar-refractivity contribution is 0.336. The molecule has 0 atom stereocenters. The fourth-order valence-corrected chi connectivity index (χ4v) is 1.20. The third kappa shape index (κ3) is 2.60. The van der Waals surface area contributed by atoms with Crippen molar-refractivity contribution in [3.05, 3.63) is 23.8 Å². The van der Waals surface area contributed by atoms with Gasteiger partial charge in [-0.25, -0.2) is 0 Å². The summed E-state index contributed by atoms with van der Waals surface area (Å²) in [6, 6.07) is 5.38. The molecule has 0 unspecified atom stereocenters. The molecular weight excluding hydrogens is 198 g/mol. The van der Waals surface area contributed by atoms with Crippen molar-refractivity contribution >= 4 is 17.2 Å². The van der Waals surface area contributed by atoms with E-state index in [1.54, 1.807) is 25.3 Å². The van der Waals surface area contributed by atoms with Crippen molar-refractivity contribution in [3.8, 4) is 11.5 Å². The van der Waals surface area contributed by atoms with Crippen LogP contribution in [0.1, 0.15) is 12.5 Å². The van der Waals surface area contributed by atoms with E-state index in [0.717, 1.165) is 11.3 Å². The molecule has 0 aromatic heterocycles. The van der Waals surface area contributed by atoms with Crippen LogP contribution in [0.3, 0.4) is 0 Å². The first-order chi connectivity index (χ1) is 6.67. The maximum absolute atomic E-state index is 5.52. The SMILES string of the molecule is CCOc1cc(OC)cc(C(N)=S)c1. The Morgan fingerprint density at radius 3 is 2.50 bits per heavy atom. The van der Waals surface area contributed by atoms with E-state index in [4.69, 9.17) is 27.4 Å². The standard InChI is InChI=1S/C10H13NO2S/c1-3-13-9-5-7(10(11)14)4-8(6-9)12-2/h4-6H,3H2,1-2H3,(H2,11,14). The molecule has 0 aliphatic rings. The molecule has 0 spiro atoms. The maximum atomic E-state index is 5.52. The zero-order valence-corrected chi connectivity index (χ0v) is 9.06. The number of hydrogen-bond donors (Lipinski definition) is 1. The van der Waals surface area contributed by atoms with Crippen LogP contribution in [0.4, 0.5) is 0 Å². The average molecular weight is 211 g/mol. The highest BCUT2D eigenvalue weighted by Crippen LogP contribution is 2.22. The maximum Gasteiger partial charge on any atom is 0.123 e. The van der Waals surface area contributed by atoms with E-state index in [1.165, 1.54) is 0 Å². The summed E-state index contributed by atoms with van der Waals surface area (Å²) < 4.78 is 10.4. The number of benzene rings is 1. The number of hydrogen-bond acceptors (Lipinski definition) is 3. The van der Waals surface area contributed by atoms with E-state index in [1.807, 2.05) is 6.92 Å². The summed E-state index contributed by atoms with van der Waals surface area (Å²) in [5.41, 5.74) is 6.28. The summed E-state index contributed by atoms with van der Waals surface area (Å²) in [6.07, 6.45) is 0. The van der Waals surface area contributed by atoms with Crippen LogP contribution in [0.15, 0.2) is 18.2 Å². The molecule has 0 aliphatic heterocycles. The molecule has 1 rings (SSSR count). The van der Waals surface area contributed by atoms with Crippen LogP contribution >= 0.6 is 12.2 Å². The van der Waals surface area contributed by atoms with Crippen molar-refractivity contribution in [3.63, 3.8) is 0 Å². The molecule has 0 heterocycles. The van der Waals surface area contributed by atoms with Gasteiger partial charge in [-0.1, -0.05) is 12.2 Å². The second-order valence-corrected chi connectivity index (χ2v) is 3.13. The lowest BCUT2D eigenvalue weighted by Gasteiger charge is -2.08. The normalized spacial score (nSPS) is 9.57. The van der Waals surface area contributed by atoms with Gasteiger partial charge in [-0.2, -0.15) is 0 Å². The molecule has 0 aliphatic carbocycles. The van der Waals surface area contributed by atoms with Crippen molar-refractivity contribution in [2.75, 3.05) is 13.7 Å². The van der Waals surface area contributed by atoms with Crippen LogP contribution in [0.25, 0.3) is 0 Å². The zero-order chi connectivity index (χ0) is 10.6. The Balaban J connectivity index is 3.06. The third-order valence-corrected chi connectivity index (χ3v) is 1.95. The Morgan fingerprint density at radius 2 is 2.00 bits per heavy atom. The molecular formula is C10H13NO2S. The quantitative estimate of drug-likeness (QED) is 0.770. The second-order valence-electron chi connectivity index (χ2n) is 2.69. The van der Waals surface area contributed by atoms with E-state index < -0.39 is 0 Å². The molecule has 4 heteroatoms. The minimum atomic E-state index is 0.338.